The molecule has 0 unspecified atom stereocenters. The third-order valence-corrected chi connectivity index (χ3v) is 5.16. The van der Waals surface area contributed by atoms with E-state index in [1.807, 2.05) is 26.0 Å². The zero-order chi connectivity index (χ0) is 18.0. The number of hydrogen-bond acceptors (Lipinski definition) is 4. The van der Waals surface area contributed by atoms with Crippen LogP contribution >= 0.6 is 0 Å². The summed E-state index contributed by atoms with van der Waals surface area (Å²) in [4.78, 5) is 29.3. The van der Waals surface area contributed by atoms with Crippen molar-refractivity contribution in [3.8, 4) is 5.75 Å². The summed E-state index contributed by atoms with van der Waals surface area (Å²) < 4.78 is 0. The van der Waals surface area contributed by atoms with Crippen molar-refractivity contribution in [1.29, 1.82) is 0 Å². The predicted molar refractivity (Wildman–Crippen MR) is 95.3 cm³/mol. The predicted octanol–water partition coefficient (Wildman–Crippen LogP) is 1.98. The molecule has 3 amide bonds. The van der Waals surface area contributed by atoms with Gasteiger partial charge in [-0.05, 0) is 56.0 Å². The number of benzene rings is 1. The molecule has 25 heavy (non-hydrogen) atoms. The molecule has 2 fully saturated rings. The molecule has 6 heteroatoms. The second-order valence-corrected chi connectivity index (χ2v) is 7.44. The molecular weight excluding hydrogens is 318 g/mol. The van der Waals surface area contributed by atoms with Crippen LogP contribution in [0.1, 0.15) is 32.3 Å². The summed E-state index contributed by atoms with van der Waals surface area (Å²) in [7, 11) is 0. The summed E-state index contributed by atoms with van der Waals surface area (Å²) in [6.45, 7) is 6.55. The number of hydrogen-bond donors (Lipinski definition) is 2. The molecule has 0 bridgehead atoms. The van der Waals surface area contributed by atoms with Crippen LogP contribution < -0.4 is 5.32 Å². The number of carbonyl (C=O) groups is 2. The van der Waals surface area contributed by atoms with Gasteiger partial charge in [0.2, 0.25) is 0 Å². The lowest BCUT2D eigenvalue weighted by Gasteiger charge is -2.38. The van der Waals surface area contributed by atoms with Crippen LogP contribution in [-0.4, -0.2) is 58.6 Å². The van der Waals surface area contributed by atoms with Crippen molar-refractivity contribution in [3.63, 3.8) is 0 Å². The summed E-state index contributed by atoms with van der Waals surface area (Å²) in [5.41, 5.74) is 0.359. The average Bonchev–Trinajstić information content (AvgIpc) is 2.77. The van der Waals surface area contributed by atoms with E-state index in [0.29, 0.717) is 32.4 Å². The van der Waals surface area contributed by atoms with E-state index in [1.54, 1.807) is 17.0 Å². The number of nitrogens with one attached hydrogen (secondary N) is 1. The number of piperidine rings is 1. The van der Waals surface area contributed by atoms with Crippen molar-refractivity contribution < 1.29 is 14.7 Å². The van der Waals surface area contributed by atoms with Gasteiger partial charge in [0.05, 0.1) is 0 Å². The molecule has 0 saturated carbocycles. The average molecular weight is 345 g/mol. The molecule has 1 spiro atoms. The Kier molecular flexibility index (Phi) is 4.99. The number of phenols is 1. The first-order chi connectivity index (χ1) is 11.9. The van der Waals surface area contributed by atoms with Gasteiger partial charge in [-0.3, -0.25) is 9.69 Å². The van der Waals surface area contributed by atoms with Crippen molar-refractivity contribution in [2.75, 3.05) is 26.2 Å². The fraction of sp³-hybridized carbons (Fsp3) is 0.579. The monoisotopic (exact) mass is 345 g/mol. The molecule has 1 aromatic carbocycles. The van der Waals surface area contributed by atoms with E-state index >= 15 is 0 Å². The van der Waals surface area contributed by atoms with Gasteiger partial charge in [0.15, 0.2) is 0 Å². The first-order valence-electron chi connectivity index (χ1n) is 9.06. The fourth-order valence-corrected chi connectivity index (χ4v) is 3.85. The van der Waals surface area contributed by atoms with E-state index in [9.17, 15) is 14.7 Å². The van der Waals surface area contributed by atoms with Crippen LogP contribution in [0.25, 0.3) is 0 Å². The van der Waals surface area contributed by atoms with Crippen LogP contribution in [0.15, 0.2) is 24.3 Å². The van der Waals surface area contributed by atoms with E-state index in [0.717, 1.165) is 18.7 Å². The van der Waals surface area contributed by atoms with Gasteiger partial charge in [-0.1, -0.05) is 26.0 Å². The zero-order valence-corrected chi connectivity index (χ0v) is 15.0. The van der Waals surface area contributed by atoms with Gasteiger partial charge in [0.1, 0.15) is 11.3 Å². The highest BCUT2D eigenvalue weighted by Gasteiger charge is 2.56. The maximum atomic E-state index is 13.1. The summed E-state index contributed by atoms with van der Waals surface area (Å²) in [5.74, 6) is 0.455. The third-order valence-electron chi connectivity index (χ3n) is 5.16. The topological polar surface area (TPSA) is 72.9 Å². The van der Waals surface area contributed by atoms with Crippen LogP contribution in [0.5, 0.6) is 5.75 Å². The lowest BCUT2D eigenvalue weighted by molar-refractivity contribution is -0.134. The third kappa shape index (κ3) is 3.35. The second-order valence-electron chi connectivity index (χ2n) is 7.44. The van der Waals surface area contributed by atoms with Crippen LogP contribution in [0.2, 0.25) is 0 Å². The number of imide groups is 1. The first-order valence-corrected chi connectivity index (χ1v) is 9.06. The Bertz CT molecular complexity index is 636. The Morgan fingerprint density at radius 2 is 1.80 bits per heavy atom. The van der Waals surface area contributed by atoms with E-state index < -0.39 is 5.54 Å². The number of carbonyl (C=O) groups excluding carboxylic acids is 2. The van der Waals surface area contributed by atoms with Crippen LogP contribution in [0.4, 0.5) is 4.79 Å². The Morgan fingerprint density at radius 3 is 2.40 bits per heavy atom. The van der Waals surface area contributed by atoms with Crippen molar-refractivity contribution >= 4 is 11.9 Å². The Balaban J connectivity index is 1.81. The molecule has 2 heterocycles. The number of rotatable bonds is 5. The first kappa shape index (κ1) is 17.7. The van der Waals surface area contributed by atoms with Gasteiger partial charge in [-0.15, -0.1) is 0 Å². The molecule has 6 nitrogen and oxygen atoms in total. The molecule has 2 N–H and O–H groups in total. The summed E-state index contributed by atoms with van der Waals surface area (Å²) >= 11 is 0. The maximum Gasteiger partial charge on any atom is 0.327 e. The van der Waals surface area contributed by atoms with Gasteiger partial charge in [0, 0.05) is 13.1 Å². The second kappa shape index (κ2) is 7.04. The van der Waals surface area contributed by atoms with E-state index in [2.05, 4.69) is 5.32 Å². The van der Waals surface area contributed by atoms with Crippen LogP contribution in [0, 0.1) is 5.92 Å². The molecule has 136 valence electrons. The standard InChI is InChI=1S/C19H27N3O3/c1-14(2)13-21-17(24)19(8-10-20-11-9-19)22(18(21)25)12-7-15-3-5-16(23)6-4-15/h3-6,14,20,23H,7-13H2,1-2H3. The minimum absolute atomic E-state index is 0.0293. The van der Waals surface area contributed by atoms with Gasteiger partial charge in [-0.2, -0.15) is 0 Å². The van der Waals surface area contributed by atoms with E-state index in [4.69, 9.17) is 0 Å². The Morgan fingerprint density at radius 1 is 1.16 bits per heavy atom. The summed E-state index contributed by atoms with van der Waals surface area (Å²) in [6, 6.07) is 6.87. The lowest BCUT2D eigenvalue weighted by atomic mass is 9.86. The van der Waals surface area contributed by atoms with Gasteiger partial charge in [-0.25, -0.2) is 4.79 Å². The van der Waals surface area contributed by atoms with Crippen LogP contribution in [0.3, 0.4) is 0 Å². The fourth-order valence-electron chi connectivity index (χ4n) is 3.85. The quantitative estimate of drug-likeness (QED) is 0.801. The number of aromatic hydroxyl groups is 1. The highest BCUT2D eigenvalue weighted by Crippen LogP contribution is 2.36. The number of phenolic OH excluding ortho intramolecular Hbond substituents is 1. The van der Waals surface area contributed by atoms with Gasteiger partial charge in [0.25, 0.3) is 5.91 Å². The number of urea groups is 1. The largest absolute Gasteiger partial charge is 0.508 e. The normalized spacial score (nSPS) is 20.1. The van der Waals surface area contributed by atoms with Gasteiger partial charge >= 0.3 is 6.03 Å². The Labute approximate surface area is 148 Å². The molecule has 0 aliphatic carbocycles. The molecule has 0 aromatic heterocycles. The van der Waals surface area contributed by atoms with Crippen molar-refractivity contribution in [3.05, 3.63) is 29.8 Å². The molecule has 3 rings (SSSR count). The van der Waals surface area contributed by atoms with Crippen molar-refractivity contribution in [1.82, 2.24) is 15.1 Å². The van der Waals surface area contributed by atoms with E-state index in [-0.39, 0.29) is 23.6 Å². The highest BCUT2D eigenvalue weighted by atomic mass is 16.3. The molecule has 2 aliphatic rings. The van der Waals surface area contributed by atoms with Crippen molar-refractivity contribution in [2.24, 2.45) is 5.92 Å². The maximum absolute atomic E-state index is 13.1. The minimum atomic E-state index is -0.686. The lowest BCUT2D eigenvalue weighted by Crippen LogP contribution is -2.56. The molecular formula is C19H27N3O3. The molecule has 2 aliphatic heterocycles. The summed E-state index contributed by atoms with van der Waals surface area (Å²) in [6.07, 6.45) is 2.01. The smallest absolute Gasteiger partial charge is 0.327 e. The highest BCUT2D eigenvalue weighted by molar-refractivity contribution is 6.07. The minimum Gasteiger partial charge on any atom is -0.508 e. The van der Waals surface area contributed by atoms with Crippen LogP contribution in [-0.2, 0) is 11.2 Å². The zero-order valence-electron chi connectivity index (χ0n) is 15.0. The SMILES string of the molecule is CC(C)CN1C(=O)N(CCc2ccc(O)cc2)C2(CCNCC2)C1=O. The van der Waals surface area contributed by atoms with Crippen molar-refractivity contribution in [2.45, 2.75) is 38.6 Å². The summed E-state index contributed by atoms with van der Waals surface area (Å²) in [5, 5.41) is 12.7. The molecule has 0 atom stereocenters. The Hall–Kier alpha value is -2.08. The van der Waals surface area contributed by atoms with E-state index in [1.165, 1.54) is 4.90 Å². The molecule has 1 aromatic rings. The van der Waals surface area contributed by atoms with Gasteiger partial charge < -0.3 is 15.3 Å². The molecule has 2 saturated heterocycles. The molecule has 0 radical (unpaired) electrons. The number of amides is 3. The number of nitrogens with zero attached hydrogens (tertiary/aromatic N) is 2.